The summed E-state index contributed by atoms with van der Waals surface area (Å²) in [5, 5.41) is 4.25. The van der Waals surface area contributed by atoms with Crippen LogP contribution in [0.5, 0.6) is 5.75 Å². The Labute approximate surface area is 273 Å². The van der Waals surface area contributed by atoms with E-state index in [9.17, 15) is 22.8 Å². The summed E-state index contributed by atoms with van der Waals surface area (Å²) in [5.74, 6) is 0.754. The van der Waals surface area contributed by atoms with E-state index in [4.69, 9.17) is 14.2 Å². The van der Waals surface area contributed by atoms with Crippen LogP contribution < -0.4 is 10.1 Å². The molecule has 2 fully saturated rings. The van der Waals surface area contributed by atoms with Crippen molar-refractivity contribution in [2.75, 3.05) is 52.3 Å². The standard InChI is InChI=1S/C35H45F3N4O5/c1-22-17-30(45-5)27(25-11-13-42(31(22)25)33(44)47-34(2,3)4)20-41-16-15-40(14-12-35(36,37)38)21-29(41)24-9-10-26(32(43)46-6)28(18-24)39-19-23-7-8-23/h9-11,13,17-18,23,29,39H,7-8,12,14-16,19-21H2,1-6H3/t29-/m1/s1. The molecule has 0 radical (unpaired) electrons. The Morgan fingerprint density at radius 3 is 2.43 bits per heavy atom. The number of carbonyl (C=O) groups excluding carboxylic acids is 2. The van der Waals surface area contributed by atoms with Crippen molar-refractivity contribution in [3.63, 3.8) is 0 Å². The van der Waals surface area contributed by atoms with Crippen molar-refractivity contribution in [3.8, 4) is 5.75 Å². The first-order valence-electron chi connectivity index (χ1n) is 16.1. The third-order valence-electron chi connectivity index (χ3n) is 8.80. The van der Waals surface area contributed by atoms with E-state index in [-0.39, 0.29) is 12.6 Å². The molecule has 1 atom stereocenters. The molecule has 3 aromatic rings. The first kappa shape index (κ1) is 34.6. The lowest BCUT2D eigenvalue weighted by atomic mass is 9.97. The Morgan fingerprint density at radius 2 is 1.79 bits per heavy atom. The van der Waals surface area contributed by atoms with Crippen molar-refractivity contribution >= 4 is 28.7 Å². The lowest BCUT2D eigenvalue weighted by Crippen LogP contribution is -2.48. The number of alkyl halides is 3. The van der Waals surface area contributed by atoms with Gasteiger partial charge in [-0.3, -0.25) is 14.4 Å². The number of aromatic nitrogens is 1. The van der Waals surface area contributed by atoms with Crippen LogP contribution in [0.1, 0.15) is 73.1 Å². The van der Waals surface area contributed by atoms with Crippen LogP contribution in [0.25, 0.3) is 10.9 Å². The Hall–Kier alpha value is -3.77. The zero-order valence-electron chi connectivity index (χ0n) is 28.0. The fraction of sp³-hybridized carbons (Fsp3) is 0.543. The molecular formula is C35H45F3N4O5. The molecule has 256 valence electrons. The maximum atomic E-state index is 13.2. The summed E-state index contributed by atoms with van der Waals surface area (Å²) in [4.78, 5) is 29.9. The fourth-order valence-corrected chi connectivity index (χ4v) is 6.22. The molecule has 2 aromatic carbocycles. The van der Waals surface area contributed by atoms with E-state index < -0.39 is 30.3 Å². The maximum Gasteiger partial charge on any atom is 0.419 e. The van der Waals surface area contributed by atoms with Crippen LogP contribution in [0.15, 0.2) is 36.5 Å². The molecule has 12 heteroatoms. The monoisotopic (exact) mass is 658 g/mol. The topological polar surface area (TPSA) is 85.3 Å². The minimum absolute atomic E-state index is 0.0995. The number of anilines is 1. The molecule has 9 nitrogen and oxygen atoms in total. The maximum absolute atomic E-state index is 13.2. The van der Waals surface area contributed by atoms with Crippen molar-refractivity contribution in [2.45, 2.75) is 71.3 Å². The van der Waals surface area contributed by atoms with E-state index in [1.54, 1.807) is 19.4 Å². The molecule has 2 heterocycles. The van der Waals surface area contributed by atoms with Gasteiger partial charge in [-0.1, -0.05) is 6.07 Å². The van der Waals surface area contributed by atoms with E-state index in [1.807, 2.05) is 56.9 Å². The molecule has 0 spiro atoms. The third-order valence-corrected chi connectivity index (χ3v) is 8.80. The fourth-order valence-electron chi connectivity index (χ4n) is 6.22. The minimum Gasteiger partial charge on any atom is -0.496 e. The molecule has 5 rings (SSSR count). The zero-order valence-corrected chi connectivity index (χ0v) is 28.0. The largest absolute Gasteiger partial charge is 0.496 e. The Morgan fingerprint density at radius 1 is 1.04 bits per heavy atom. The number of aryl methyl sites for hydroxylation is 1. The molecule has 2 aliphatic rings. The molecule has 1 aliphatic carbocycles. The summed E-state index contributed by atoms with van der Waals surface area (Å²) in [7, 11) is 2.94. The Balaban J connectivity index is 1.53. The molecule has 0 unspecified atom stereocenters. The van der Waals surface area contributed by atoms with E-state index in [0.717, 1.165) is 41.5 Å². The summed E-state index contributed by atoms with van der Waals surface area (Å²) in [6.45, 7) is 9.73. The van der Waals surface area contributed by atoms with Crippen molar-refractivity contribution < 1.29 is 37.0 Å². The number of methoxy groups -OCH3 is 2. The number of hydrogen-bond donors (Lipinski definition) is 1. The summed E-state index contributed by atoms with van der Waals surface area (Å²) in [6, 6.07) is 9.01. The van der Waals surface area contributed by atoms with Gasteiger partial charge in [-0.2, -0.15) is 13.2 Å². The number of nitrogens with one attached hydrogen (secondary N) is 1. The molecule has 1 N–H and O–H groups in total. The predicted octanol–water partition coefficient (Wildman–Crippen LogP) is 7.16. The molecule has 0 amide bonds. The average Bonchev–Trinajstić information content (AvgIpc) is 3.73. The number of fused-ring (bicyclic) bond motifs is 1. The Kier molecular flexibility index (Phi) is 10.1. The van der Waals surface area contributed by atoms with Gasteiger partial charge in [0.05, 0.1) is 31.7 Å². The molecule has 1 saturated heterocycles. The number of nitrogens with zero attached hydrogens (tertiary/aromatic N) is 3. The highest BCUT2D eigenvalue weighted by atomic mass is 19.4. The second kappa shape index (κ2) is 13.8. The van der Waals surface area contributed by atoms with E-state index in [0.29, 0.717) is 54.6 Å². The average molecular weight is 659 g/mol. The Bertz CT molecular complexity index is 1610. The quantitative estimate of drug-likeness (QED) is 0.230. The van der Waals surface area contributed by atoms with Gasteiger partial charge in [-0.25, -0.2) is 9.59 Å². The van der Waals surface area contributed by atoms with Crippen LogP contribution in [0.4, 0.5) is 23.7 Å². The van der Waals surface area contributed by atoms with Gasteiger partial charge in [0, 0.05) is 68.1 Å². The summed E-state index contributed by atoms with van der Waals surface area (Å²) >= 11 is 0. The number of hydrogen-bond acceptors (Lipinski definition) is 8. The molecule has 1 aliphatic heterocycles. The van der Waals surface area contributed by atoms with Crippen LogP contribution in [-0.2, 0) is 16.0 Å². The van der Waals surface area contributed by atoms with E-state index in [2.05, 4.69) is 10.2 Å². The van der Waals surface area contributed by atoms with Crippen molar-refractivity contribution in [1.29, 1.82) is 0 Å². The molecule has 1 aromatic heterocycles. The van der Waals surface area contributed by atoms with Gasteiger partial charge in [0.2, 0.25) is 0 Å². The highest BCUT2D eigenvalue weighted by Crippen LogP contribution is 2.38. The summed E-state index contributed by atoms with van der Waals surface area (Å²) in [5.41, 5.74) is 3.69. The highest BCUT2D eigenvalue weighted by Gasteiger charge is 2.34. The molecule has 47 heavy (non-hydrogen) atoms. The smallest absolute Gasteiger partial charge is 0.419 e. The molecule has 1 saturated carbocycles. The lowest BCUT2D eigenvalue weighted by Gasteiger charge is -2.42. The third kappa shape index (κ3) is 8.39. The number of ether oxygens (including phenoxy) is 3. The second-order valence-corrected chi connectivity index (χ2v) is 13.6. The van der Waals surface area contributed by atoms with Crippen LogP contribution in [0, 0.1) is 12.8 Å². The summed E-state index contributed by atoms with van der Waals surface area (Å²) < 4.78 is 57.8. The number of rotatable bonds is 10. The number of esters is 1. The SMILES string of the molecule is COC(=O)c1ccc([C@H]2CN(CCC(F)(F)F)CCN2Cc2c(OC)cc(C)c3c2ccn3C(=O)OC(C)(C)C)cc1NCC1CC1. The number of carbonyl (C=O) groups is 2. The summed E-state index contributed by atoms with van der Waals surface area (Å²) in [6.07, 6.45) is -1.66. The highest BCUT2D eigenvalue weighted by molar-refractivity contribution is 5.96. The van der Waals surface area contributed by atoms with Crippen molar-refractivity contribution in [1.82, 2.24) is 14.4 Å². The molecular weight excluding hydrogens is 613 g/mol. The van der Waals surface area contributed by atoms with Crippen LogP contribution >= 0.6 is 0 Å². The van der Waals surface area contributed by atoms with Crippen LogP contribution in [0.3, 0.4) is 0 Å². The normalized spacial score (nSPS) is 17.9. The van der Waals surface area contributed by atoms with Crippen molar-refractivity contribution in [3.05, 3.63) is 58.8 Å². The predicted molar refractivity (Wildman–Crippen MR) is 174 cm³/mol. The van der Waals surface area contributed by atoms with Gasteiger partial charge in [-0.05, 0) is 81.8 Å². The van der Waals surface area contributed by atoms with Crippen LogP contribution in [-0.4, -0.2) is 85.2 Å². The van der Waals surface area contributed by atoms with E-state index in [1.165, 1.54) is 11.7 Å². The first-order chi connectivity index (χ1) is 22.2. The van der Waals surface area contributed by atoms with Gasteiger partial charge in [-0.15, -0.1) is 0 Å². The molecule has 0 bridgehead atoms. The van der Waals surface area contributed by atoms with Crippen LogP contribution in [0.2, 0.25) is 0 Å². The van der Waals surface area contributed by atoms with Gasteiger partial charge in [0.1, 0.15) is 11.4 Å². The number of halogens is 3. The van der Waals surface area contributed by atoms with Crippen molar-refractivity contribution in [2.24, 2.45) is 5.92 Å². The van der Waals surface area contributed by atoms with Gasteiger partial charge in [0.25, 0.3) is 0 Å². The minimum atomic E-state index is -4.25. The van der Waals surface area contributed by atoms with Gasteiger partial charge < -0.3 is 19.5 Å². The zero-order chi connectivity index (χ0) is 34.1. The van der Waals surface area contributed by atoms with Gasteiger partial charge >= 0.3 is 18.2 Å². The van der Waals surface area contributed by atoms with Gasteiger partial charge in [0.15, 0.2) is 0 Å². The number of piperazine rings is 1. The number of benzene rings is 2. The van der Waals surface area contributed by atoms with E-state index >= 15 is 0 Å². The second-order valence-electron chi connectivity index (χ2n) is 13.6. The first-order valence-corrected chi connectivity index (χ1v) is 16.1. The lowest BCUT2D eigenvalue weighted by molar-refractivity contribution is -0.139.